The third-order valence-corrected chi connectivity index (χ3v) is 5.24. The zero-order valence-electron chi connectivity index (χ0n) is 13.2. The molecule has 3 rings (SSSR count). The number of nitrogens with one attached hydrogen (secondary N) is 1. The predicted molar refractivity (Wildman–Crippen MR) is 94.8 cm³/mol. The average Bonchev–Trinajstić information content (AvgIpc) is 2.84. The number of nitrogens with zero attached hydrogens (tertiary/aromatic N) is 2. The van der Waals surface area contributed by atoms with Crippen LogP contribution in [0.2, 0.25) is 0 Å². The number of amides is 1. The Balaban J connectivity index is 2.03. The highest BCUT2D eigenvalue weighted by Gasteiger charge is 2.26. The van der Waals surface area contributed by atoms with Gasteiger partial charge in [-0.2, -0.15) is 0 Å². The lowest BCUT2D eigenvalue weighted by atomic mass is 10.1. The SMILES string of the molecule is CNN(C(=O)c1nc2c(s1)CCOc1cc(Br)ccc1-2)C(C)C. The Morgan fingerprint density at radius 2 is 2.26 bits per heavy atom. The number of fused-ring (bicyclic) bond motifs is 3. The van der Waals surface area contributed by atoms with Gasteiger partial charge in [-0.15, -0.1) is 11.3 Å². The summed E-state index contributed by atoms with van der Waals surface area (Å²) in [4.78, 5) is 18.4. The second-order valence-electron chi connectivity index (χ2n) is 5.52. The van der Waals surface area contributed by atoms with Crippen molar-refractivity contribution >= 4 is 33.2 Å². The number of aromatic nitrogens is 1. The molecule has 0 fully saturated rings. The first kappa shape index (κ1) is 16.4. The Bertz CT molecular complexity index is 745. The van der Waals surface area contributed by atoms with E-state index in [1.165, 1.54) is 11.3 Å². The zero-order chi connectivity index (χ0) is 16.6. The van der Waals surface area contributed by atoms with Crippen LogP contribution in [0, 0.1) is 0 Å². The highest BCUT2D eigenvalue weighted by atomic mass is 79.9. The summed E-state index contributed by atoms with van der Waals surface area (Å²) < 4.78 is 6.77. The highest BCUT2D eigenvalue weighted by molar-refractivity contribution is 9.10. The molecule has 0 saturated carbocycles. The summed E-state index contributed by atoms with van der Waals surface area (Å²) in [6.45, 7) is 4.52. The number of halogens is 1. The minimum Gasteiger partial charge on any atom is -0.492 e. The van der Waals surface area contributed by atoms with Gasteiger partial charge in [-0.25, -0.2) is 10.4 Å². The largest absolute Gasteiger partial charge is 0.492 e. The molecule has 2 heterocycles. The number of ether oxygens (including phenoxy) is 1. The van der Waals surface area contributed by atoms with E-state index < -0.39 is 0 Å². The molecular weight excluding hydrogens is 378 g/mol. The minimum absolute atomic E-state index is 0.0581. The van der Waals surface area contributed by atoms with Crippen LogP contribution in [0.3, 0.4) is 0 Å². The molecule has 23 heavy (non-hydrogen) atoms. The van der Waals surface area contributed by atoms with Gasteiger partial charge < -0.3 is 4.74 Å². The Morgan fingerprint density at radius 1 is 1.48 bits per heavy atom. The van der Waals surface area contributed by atoms with Crippen molar-refractivity contribution in [3.8, 4) is 17.0 Å². The maximum absolute atomic E-state index is 12.7. The van der Waals surface area contributed by atoms with Crippen molar-refractivity contribution in [2.45, 2.75) is 26.3 Å². The molecule has 0 atom stereocenters. The van der Waals surface area contributed by atoms with Gasteiger partial charge in [0.1, 0.15) is 5.75 Å². The molecule has 0 saturated heterocycles. The summed E-state index contributed by atoms with van der Waals surface area (Å²) in [6, 6.07) is 5.95. The van der Waals surface area contributed by atoms with E-state index >= 15 is 0 Å². The second-order valence-corrected chi connectivity index (χ2v) is 7.52. The second kappa shape index (κ2) is 6.59. The van der Waals surface area contributed by atoms with Gasteiger partial charge in [0.15, 0.2) is 5.01 Å². The molecule has 0 radical (unpaired) electrons. The van der Waals surface area contributed by atoms with Crippen LogP contribution in [0.25, 0.3) is 11.3 Å². The molecule has 2 aromatic rings. The quantitative estimate of drug-likeness (QED) is 0.808. The van der Waals surface area contributed by atoms with Gasteiger partial charge in [0.25, 0.3) is 5.91 Å². The number of carbonyl (C=O) groups excluding carboxylic acids is 1. The van der Waals surface area contributed by atoms with Crippen molar-refractivity contribution in [2.24, 2.45) is 0 Å². The summed E-state index contributed by atoms with van der Waals surface area (Å²) in [7, 11) is 1.75. The molecular formula is C16H18BrN3O2S. The van der Waals surface area contributed by atoms with Gasteiger partial charge in [-0.1, -0.05) is 15.9 Å². The number of thiazole rings is 1. The first-order valence-electron chi connectivity index (χ1n) is 7.44. The fourth-order valence-corrected chi connectivity index (χ4v) is 3.92. The van der Waals surface area contributed by atoms with Crippen LogP contribution in [-0.2, 0) is 6.42 Å². The highest BCUT2D eigenvalue weighted by Crippen LogP contribution is 2.39. The molecule has 0 spiro atoms. The zero-order valence-corrected chi connectivity index (χ0v) is 15.6. The number of rotatable bonds is 3. The first-order chi connectivity index (χ1) is 11.0. The van der Waals surface area contributed by atoms with Gasteiger partial charge in [0.05, 0.1) is 12.3 Å². The molecule has 1 aliphatic heterocycles. The fourth-order valence-electron chi connectivity index (χ4n) is 2.59. The van der Waals surface area contributed by atoms with E-state index in [1.807, 2.05) is 32.0 Å². The maximum Gasteiger partial charge on any atom is 0.297 e. The molecule has 0 bridgehead atoms. The summed E-state index contributed by atoms with van der Waals surface area (Å²) >= 11 is 4.91. The maximum atomic E-state index is 12.7. The average molecular weight is 396 g/mol. The fraction of sp³-hybridized carbons (Fsp3) is 0.375. The molecule has 0 unspecified atom stereocenters. The summed E-state index contributed by atoms with van der Waals surface area (Å²) in [5.74, 6) is 0.705. The van der Waals surface area contributed by atoms with E-state index in [0.717, 1.165) is 32.8 Å². The number of hydrogen-bond acceptors (Lipinski definition) is 5. The third kappa shape index (κ3) is 3.13. The molecule has 122 valence electrons. The smallest absolute Gasteiger partial charge is 0.297 e. The van der Waals surface area contributed by atoms with Crippen molar-refractivity contribution in [1.29, 1.82) is 0 Å². The normalized spacial score (nSPS) is 13.1. The van der Waals surface area contributed by atoms with Crippen molar-refractivity contribution in [3.63, 3.8) is 0 Å². The van der Waals surface area contributed by atoms with Crippen LogP contribution >= 0.6 is 27.3 Å². The first-order valence-corrected chi connectivity index (χ1v) is 9.05. The van der Waals surface area contributed by atoms with Gasteiger partial charge in [0.2, 0.25) is 0 Å². The molecule has 5 nitrogen and oxygen atoms in total. The Kier molecular flexibility index (Phi) is 4.70. The van der Waals surface area contributed by atoms with E-state index in [1.54, 1.807) is 12.1 Å². The lowest BCUT2D eigenvalue weighted by molar-refractivity contribution is 0.0612. The van der Waals surface area contributed by atoms with Gasteiger partial charge in [0, 0.05) is 34.4 Å². The van der Waals surface area contributed by atoms with Crippen LogP contribution in [0.5, 0.6) is 5.75 Å². The molecule has 7 heteroatoms. The summed E-state index contributed by atoms with van der Waals surface area (Å²) in [5.41, 5.74) is 4.74. The Hall–Kier alpha value is -1.44. The molecule has 1 N–H and O–H groups in total. The van der Waals surface area contributed by atoms with Crippen LogP contribution in [0.4, 0.5) is 0 Å². The Morgan fingerprint density at radius 3 is 2.96 bits per heavy atom. The molecule has 0 aliphatic carbocycles. The molecule has 1 aromatic heterocycles. The lowest BCUT2D eigenvalue weighted by Gasteiger charge is -2.24. The van der Waals surface area contributed by atoms with Crippen LogP contribution < -0.4 is 10.2 Å². The predicted octanol–water partition coefficient (Wildman–Crippen LogP) is 3.49. The number of carbonyl (C=O) groups is 1. The Labute approximate surface area is 147 Å². The monoisotopic (exact) mass is 395 g/mol. The van der Waals surface area contributed by atoms with E-state index in [-0.39, 0.29) is 11.9 Å². The van der Waals surface area contributed by atoms with Gasteiger partial charge >= 0.3 is 0 Å². The van der Waals surface area contributed by atoms with Crippen LogP contribution in [0.1, 0.15) is 28.5 Å². The van der Waals surface area contributed by atoms with Crippen LogP contribution in [0.15, 0.2) is 22.7 Å². The van der Waals surface area contributed by atoms with E-state index in [4.69, 9.17) is 4.74 Å². The number of hydrogen-bond donors (Lipinski definition) is 1. The standard InChI is InChI=1S/C16H18BrN3O2S/c1-9(2)20(18-3)16(21)15-19-14-11-5-4-10(17)8-12(11)22-7-6-13(14)23-15/h4-5,8-9,18H,6-7H2,1-3H3. The van der Waals surface area contributed by atoms with Crippen molar-refractivity contribution in [2.75, 3.05) is 13.7 Å². The molecule has 1 aliphatic rings. The lowest BCUT2D eigenvalue weighted by Crippen LogP contribution is -2.45. The summed E-state index contributed by atoms with van der Waals surface area (Å²) in [5, 5.41) is 2.10. The number of hydrazine groups is 1. The minimum atomic E-state index is -0.0971. The van der Waals surface area contributed by atoms with Crippen molar-refractivity contribution in [3.05, 3.63) is 32.6 Å². The van der Waals surface area contributed by atoms with Crippen LogP contribution in [-0.4, -0.2) is 35.6 Å². The van der Waals surface area contributed by atoms with Gasteiger partial charge in [-0.3, -0.25) is 9.80 Å². The number of benzene rings is 1. The van der Waals surface area contributed by atoms with E-state index in [9.17, 15) is 4.79 Å². The summed E-state index contributed by atoms with van der Waals surface area (Å²) in [6.07, 6.45) is 0.758. The van der Waals surface area contributed by atoms with E-state index in [2.05, 4.69) is 26.3 Å². The third-order valence-electron chi connectivity index (χ3n) is 3.64. The van der Waals surface area contributed by atoms with E-state index in [0.29, 0.717) is 11.6 Å². The topological polar surface area (TPSA) is 54.5 Å². The van der Waals surface area contributed by atoms with Crippen molar-refractivity contribution in [1.82, 2.24) is 15.4 Å². The van der Waals surface area contributed by atoms with Crippen molar-refractivity contribution < 1.29 is 9.53 Å². The molecule has 1 amide bonds. The molecule has 1 aromatic carbocycles. The van der Waals surface area contributed by atoms with Gasteiger partial charge in [-0.05, 0) is 32.0 Å².